The molecule has 0 spiro atoms. The fraction of sp³-hybridized carbons (Fsp3) is 1.00. The van der Waals surface area contributed by atoms with Gasteiger partial charge in [-0.3, -0.25) is 13.6 Å². The SMILES string of the molecule is CCCCCCCCCCCCCCOCCCC(C[N+](C)(C)C)OP(=O)(OC(CCCOCCCCCCCCCCCCCC)C[N+](C)(C)C)OC(CCCOCCCCCCCCCCCCCC)C[N+](C)(C)C. The fourth-order valence-electron chi connectivity index (χ4n) is 10.7. The van der Waals surface area contributed by atoms with Crippen LogP contribution in [-0.4, -0.2) is 154 Å². The third kappa shape index (κ3) is 58.9. The van der Waals surface area contributed by atoms with Crippen LogP contribution in [0.25, 0.3) is 0 Å². The maximum Gasteiger partial charge on any atom is 0.476 e. The van der Waals surface area contributed by atoms with Crippen LogP contribution in [0.1, 0.15) is 290 Å². The molecule has 0 aliphatic carbocycles. The van der Waals surface area contributed by atoms with Crippen molar-refractivity contribution < 1.29 is 45.8 Å². The summed E-state index contributed by atoms with van der Waals surface area (Å²) < 4.78 is 56.9. The number of likely N-dealkylation sites (N-methyl/N-ethyl adjacent to an activating group) is 3. The van der Waals surface area contributed by atoms with E-state index in [0.29, 0.717) is 52.9 Å². The molecular weight excluding hydrogens is 978 g/mol. The highest BCUT2D eigenvalue weighted by Gasteiger charge is 2.40. The highest BCUT2D eigenvalue weighted by Crippen LogP contribution is 2.54. The zero-order valence-corrected chi connectivity index (χ0v) is 55.3. The molecule has 10 nitrogen and oxygen atoms in total. The molecule has 0 aromatic carbocycles. The van der Waals surface area contributed by atoms with Gasteiger partial charge in [0.05, 0.1) is 63.4 Å². The van der Waals surface area contributed by atoms with Crippen LogP contribution in [0, 0.1) is 0 Å². The maximum absolute atomic E-state index is 15.6. The number of ether oxygens (including phenoxy) is 3. The van der Waals surface area contributed by atoms with E-state index in [1.165, 1.54) is 212 Å². The summed E-state index contributed by atoms with van der Waals surface area (Å²) in [5.74, 6) is 0. The van der Waals surface area contributed by atoms with E-state index in [0.717, 1.165) is 77.6 Å². The average Bonchev–Trinajstić information content (AvgIpc) is 3.34. The van der Waals surface area contributed by atoms with Crippen molar-refractivity contribution in [3.8, 4) is 0 Å². The zero-order valence-electron chi connectivity index (χ0n) is 54.4. The third-order valence-electron chi connectivity index (χ3n) is 15.0. The van der Waals surface area contributed by atoms with Gasteiger partial charge in [-0.2, -0.15) is 0 Å². The Bertz CT molecular complexity index is 1110. The third-order valence-corrected chi connectivity index (χ3v) is 16.6. The number of hydrogen-bond donors (Lipinski definition) is 0. The van der Waals surface area contributed by atoms with E-state index >= 15 is 4.57 Å². The van der Waals surface area contributed by atoms with Gasteiger partial charge in [-0.05, 0) is 57.8 Å². The molecule has 3 atom stereocenters. The summed E-state index contributed by atoms with van der Waals surface area (Å²) in [6.45, 7) is 13.4. The highest BCUT2D eigenvalue weighted by atomic mass is 31.2. The van der Waals surface area contributed by atoms with Gasteiger partial charge in [0.2, 0.25) is 0 Å². The van der Waals surface area contributed by atoms with Crippen LogP contribution in [0.15, 0.2) is 0 Å². The minimum Gasteiger partial charge on any atom is -0.381 e. The van der Waals surface area contributed by atoms with E-state index in [1.54, 1.807) is 0 Å². The number of phosphoric ester groups is 1. The number of phosphoric acid groups is 1. The van der Waals surface area contributed by atoms with Crippen molar-refractivity contribution in [2.24, 2.45) is 0 Å². The molecule has 0 radical (unpaired) electrons. The molecule has 77 heavy (non-hydrogen) atoms. The van der Waals surface area contributed by atoms with Crippen LogP contribution in [0.2, 0.25) is 0 Å². The van der Waals surface area contributed by atoms with Crippen LogP contribution in [0.3, 0.4) is 0 Å². The lowest BCUT2D eigenvalue weighted by Gasteiger charge is -2.36. The molecule has 464 valence electrons. The van der Waals surface area contributed by atoms with Gasteiger partial charge in [-0.25, -0.2) is 4.57 Å². The predicted octanol–water partition coefficient (Wildman–Crippen LogP) is 18.9. The summed E-state index contributed by atoms with van der Waals surface area (Å²) in [4.78, 5) is 0. The monoisotopic (exact) mass is 1120 g/mol. The van der Waals surface area contributed by atoms with E-state index in [-0.39, 0.29) is 18.3 Å². The second-order valence-corrected chi connectivity index (χ2v) is 28.5. The van der Waals surface area contributed by atoms with Gasteiger partial charge in [-0.15, -0.1) is 0 Å². The topological polar surface area (TPSA) is 72.5 Å². The summed E-state index contributed by atoms with van der Waals surface area (Å²) in [5.41, 5.74) is 0. The Kier molecular flexibility index (Phi) is 52.6. The van der Waals surface area contributed by atoms with E-state index in [1.807, 2.05) is 0 Å². The molecule has 0 N–H and O–H groups in total. The van der Waals surface area contributed by atoms with Gasteiger partial charge in [0.15, 0.2) is 0 Å². The number of quaternary nitrogens is 3. The van der Waals surface area contributed by atoms with Gasteiger partial charge in [0, 0.05) is 39.6 Å². The highest BCUT2D eigenvalue weighted by molar-refractivity contribution is 7.48. The summed E-state index contributed by atoms with van der Waals surface area (Å²) >= 11 is 0. The molecule has 0 heterocycles. The first-order chi connectivity index (χ1) is 36.9. The first-order valence-corrected chi connectivity index (χ1v) is 35.2. The molecular formula is C66H141N3O7P+3. The molecule has 0 rings (SSSR count). The van der Waals surface area contributed by atoms with Gasteiger partial charge in [-0.1, -0.05) is 233 Å². The van der Waals surface area contributed by atoms with Crippen molar-refractivity contribution in [2.45, 2.75) is 309 Å². The van der Waals surface area contributed by atoms with Crippen molar-refractivity contribution in [3.05, 3.63) is 0 Å². The van der Waals surface area contributed by atoms with Gasteiger partial charge in [0.1, 0.15) is 37.9 Å². The molecule has 11 heteroatoms. The summed E-state index contributed by atoms with van der Waals surface area (Å²) in [7, 11) is 15.6. The van der Waals surface area contributed by atoms with E-state index in [9.17, 15) is 0 Å². The normalized spacial score (nSPS) is 14.6. The van der Waals surface area contributed by atoms with Crippen LogP contribution in [-0.2, 0) is 32.3 Å². The zero-order chi connectivity index (χ0) is 57.0. The Morgan fingerprint density at radius 3 is 0.610 bits per heavy atom. The fourth-order valence-corrected chi connectivity index (χ4v) is 12.4. The molecule has 0 amide bonds. The van der Waals surface area contributed by atoms with E-state index in [4.69, 9.17) is 27.8 Å². The summed E-state index contributed by atoms with van der Waals surface area (Å²) in [6.07, 6.45) is 52.0. The standard InChI is InChI=1S/C66H141N3O7P/c1-13-16-19-22-25-28-31-34-37-40-43-46-55-71-58-49-52-64(61-67(4,5)6)74-77(70,75-65(62-68(7,8)9)53-50-59-72-56-47-44-41-38-35-32-29-26-23-20-17-14-2)76-66(63-69(10,11)12)54-51-60-73-57-48-45-42-39-36-33-30-27-24-21-18-15-3/h64-66H,13-63H2,1-12H3/q+3. The Hall–Kier alpha value is -0.130. The molecule has 0 aromatic rings. The number of nitrogens with zero attached hydrogens (tertiary/aromatic N) is 3. The van der Waals surface area contributed by atoms with E-state index < -0.39 is 7.82 Å². The molecule has 0 aliphatic heterocycles. The van der Waals surface area contributed by atoms with Crippen molar-refractivity contribution in [1.29, 1.82) is 0 Å². The van der Waals surface area contributed by atoms with Crippen molar-refractivity contribution >= 4 is 7.82 Å². The molecule has 0 aliphatic rings. The van der Waals surface area contributed by atoms with Gasteiger partial charge in [0.25, 0.3) is 0 Å². The molecule has 0 fully saturated rings. The Morgan fingerprint density at radius 1 is 0.260 bits per heavy atom. The first kappa shape index (κ1) is 76.9. The predicted molar refractivity (Wildman–Crippen MR) is 334 cm³/mol. The quantitative estimate of drug-likeness (QED) is 0.0341. The second kappa shape index (κ2) is 52.7. The smallest absolute Gasteiger partial charge is 0.381 e. The van der Waals surface area contributed by atoms with Crippen molar-refractivity contribution in [3.63, 3.8) is 0 Å². The van der Waals surface area contributed by atoms with Crippen LogP contribution < -0.4 is 0 Å². The summed E-state index contributed by atoms with van der Waals surface area (Å²) in [6, 6.07) is 0. The minimum absolute atomic E-state index is 0.316. The largest absolute Gasteiger partial charge is 0.476 e. The second-order valence-electron chi connectivity index (χ2n) is 27.0. The van der Waals surface area contributed by atoms with Crippen LogP contribution >= 0.6 is 7.82 Å². The first-order valence-electron chi connectivity index (χ1n) is 33.7. The number of rotatable bonds is 63. The van der Waals surface area contributed by atoms with Crippen molar-refractivity contribution in [1.82, 2.24) is 0 Å². The van der Waals surface area contributed by atoms with Crippen LogP contribution in [0.5, 0.6) is 0 Å². The lowest BCUT2D eigenvalue weighted by molar-refractivity contribution is -0.874. The average molecular weight is 1120 g/mol. The molecule has 0 aromatic heterocycles. The van der Waals surface area contributed by atoms with Gasteiger partial charge < -0.3 is 27.7 Å². The maximum atomic E-state index is 15.6. The lowest BCUT2D eigenvalue weighted by Crippen LogP contribution is -2.45. The Labute approximate surface area is 483 Å². The van der Waals surface area contributed by atoms with Crippen molar-refractivity contribution in [2.75, 3.05) is 123 Å². The minimum atomic E-state index is -4.07. The van der Waals surface area contributed by atoms with Crippen LogP contribution in [0.4, 0.5) is 0 Å². The molecule has 0 saturated carbocycles. The Balaban J connectivity index is 5.61. The molecule has 0 saturated heterocycles. The Morgan fingerprint density at radius 2 is 0.429 bits per heavy atom. The number of hydrogen-bond acceptors (Lipinski definition) is 7. The lowest BCUT2D eigenvalue weighted by atomic mass is 10.1. The van der Waals surface area contributed by atoms with E-state index in [2.05, 4.69) is 84.2 Å². The van der Waals surface area contributed by atoms with Gasteiger partial charge >= 0.3 is 7.82 Å². The summed E-state index contributed by atoms with van der Waals surface area (Å²) in [5, 5.41) is 0. The molecule has 3 unspecified atom stereocenters. The number of unbranched alkanes of at least 4 members (excludes halogenated alkanes) is 33. The molecule has 0 bridgehead atoms.